The van der Waals surface area contributed by atoms with Crippen LogP contribution in [0.25, 0.3) is 10.8 Å². The Hall–Kier alpha value is -2.84. The molecule has 3 aromatic rings. The number of halogens is 8. The van der Waals surface area contributed by atoms with Crippen LogP contribution in [0.2, 0.25) is 0 Å². The molecule has 3 aromatic carbocycles. The number of alkyl halides is 2. The number of ether oxygens (including phenoxy) is 1. The van der Waals surface area contributed by atoms with Crippen LogP contribution in [0.15, 0.2) is 30.3 Å². The SMILES string of the molecule is CCCc1ccc(C(F)(F)Oc2cc(F)c3c(F)c(F)c(F)cc3c2)c(F)c1F. The summed E-state index contributed by atoms with van der Waals surface area (Å²) in [5, 5.41) is -1.57. The maximum atomic E-state index is 14.4. The molecule has 0 bridgehead atoms. The molecule has 0 spiro atoms. The summed E-state index contributed by atoms with van der Waals surface area (Å²) in [7, 11) is 0. The molecule has 3 rings (SSSR count). The van der Waals surface area contributed by atoms with E-state index in [-0.39, 0.29) is 12.0 Å². The first-order valence-electron chi connectivity index (χ1n) is 8.37. The average molecular weight is 420 g/mol. The Kier molecular flexibility index (Phi) is 5.42. The minimum Gasteiger partial charge on any atom is -0.429 e. The zero-order valence-corrected chi connectivity index (χ0v) is 14.7. The van der Waals surface area contributed by atoms with Gasteiger partial charge in [0.25, 0.3) is 0 Å². The van der Waals surface area contributed by atoms with Crippen LogP contribution >= 0.6 is 0 Å². The monoisotopic (exact) mass is 420 g/mol. The highest BCUT2D eigenvalue weighted by atomic mass is 19.3. The van der Waals surface area contributed by atoms with E-state index in [0.29, 0.717) is 30.7 Å². The Bertz CT molecular complexity index is 1090. The van der Waals surface area contributed by atoms with E-state index in [4.69, 9.17) is 0 Å². The third-order valence-electron chi connectivity index (χ3n) is 4.24. The van der Waals surface area contributed by atoms with Gasteiger partial charge in [0.15, 0.2) is 29.1 Å². The van der Waals surface area contributed by atoms with Crippen LogP contribution in [0.4, 0.5) is 35.1 Å². The maximum Gasteiger partial charge on any atom is 0.429 e. The van der Waals surface area contributed by atoms with Crippen molar-refractivity contribution in [2.24, 2.45) is 0 Å². The van der Waals surface area contributed by atoms with Crippen molar-refractivity contribution < 1.29 is 39.9 Å². The Morgan fingerprint density at radius 3 is 2.14 bits per heavy atom. The Morgan fingerprint density at radius 1 is 0.793 bits per heavy atom. The van der Waals surface area contributed by atoms with Crippen LogP contribution in [-0.2, 0) is 12.5 Å². The number of hydrogen-bond acceptors (Lipinski definition) is 1. The smallest absolute Gasteiger partial charge is 0.429 e. The van der Waals surface area contributed by atoms with Gasteiger partial charge in [0.1, 0.15) is 17.1 Å². The predicted molar refractivity (Wildman–Crippen MR) is 88.7 cm³/mol. The first kappa shape index (κ1) is 20.9. The van der Waals surface area contributed by atoms with Crippen LogP contribution in [-0.4, -0.2) is 0 Å². The molecule has 0 N–H and O–H groups in total. The summed E-state index contributed by atoms with van der Waals surface area (Å²) in [6, 6.07) is 2.92. The van der Waals surface area contributed by atoms with Gasteiger partial charge >= 0.3 is 6.11 Å². The molecule has 0 fully saturated rings. The number of fused-ring (bicyclic) bond motifs is 1. The van der Waals surface area contributed by atoms with E-state index in [1.807, 2.05) is 0 Å². The van der Waals surface area contributed by atoms with Gasteiger partial charge < -0.3 is 4.74 Å². The second kappa shape index (κ2) is 7.53. The predicted octanol–water partition coefficient (Wildman–Crippen LogP) is 6.76. The maximum absolute atomic E-state index is 14.4. The highest BCUT2D eigenvalue weighted by molar-refractivity contribution is 5.85. The molecule has 0 aliphatic rings. The fourth-order valence-corrected chi connectivity index (χ4v) is 2.90. The van der Waals surface area contributed by atoms with Crippen molar-refractivity contribution in [2.45, 2.75) is 25.9 Å². The summed E-state index contributed by atoms with van der Waals surface area (Å²) in [5.74, 6) is -11.2. The van der Waals surface area contributed by atoms with Gasteiger partial charge in [0, 0.05) is 6.07 Å². The van der Waals surface area contributed by atoms with Gasteiger partial charge in [-0.2, -0.15) is 8.78 Å². The van der Waals surface area contributed by atoms with E-state index >= 15 is 0 Å². The molecule has 9 heteroatoms. The summed E-state index contributed by atoms with van der Waals surface area (Å²) >= 11 is 0. The second-order valence-electron chi connectivity index (χ2n) is 6.26. The van der Waals surface area contributed by atoms with Gasteiger partial charge in [-0.3, -0.25) is 0 Å². The number of hydrogen-bond donors (Lipinski definition) is 0. The Labute approximate surface area is 159 Å². The molecular weight excluding hydrogens is 408 g/mol. The molecule has 0 aliphatic carbocycles. The fraction of sp³-hybridized carbons (Fsp3) is 0.200. The lowest BCUT2D eigenvalue weighted by molar-refractivity contribution is -0.187. The van der Waals surface area contributed by atoms with Crippen molar-refractivity contribution in [3.63, 3.8) is 0 Å². The molecule has 0 atom stereocenters. The summed E-state index contributed by atoms with van der Waals surface area (Å²) in [4.78, 5) is 0. The largest absolute Gasteiger partial charge is 0.429 e. The van der Waals surface area contributed by atoms with Crippen LogP contribution < -0.4 is 4.74 Å². The van der Waals surface area contributed by atoms with Gasteiger partial charge in [0.2, 0.25) is 0 Å². The summed E-state index contributed by atoms with van der Waals surface area (Å²) < 4.78 is 116. The standard InChI is InChI=1S/C20H12F8O/c1-2-3-9-4-5-12(17(24)16(9)23)20(27,28)29-11-6-10-7-14(22)18(25)19(26)15(10)13(21)8-11/h4-8H,2-3H2,1H3. The molecule has 0 amide bonds. The minimum absolute atomic E-state index is 0.103. The van der Waals surface area contributed by atoms with E-state index in [0.717, 1.165) is 6.07 Å². The van der Waals surface area contributed by atoms with E-state index < -0.39 is 63.1 Å². The third-order valence-corrected chi connectivity index (χ3v) is 4.24. The van der Waals surface area contributed by atoms with Gasteiger partial charge in [-0.1, -0.05) is 19.4 Å². The van der Waals surface area contributed by atoms with E-state index in [1.165, 1.54) is 0 Å². The third kappa shape index (κ3) is 3.73. The van der Waals surface area contributed by atoms with Gasteiger partial charge in [-0.05, 0) is 35.6 Å². The van der Waals surface area contributed by atoms with Crippen molar-refractivity contribution in [3.05, 3.63) is 76.4 Å². The quantitative estimate of drug-likeness (QED) is 0.328. The molecule has 0 aliphatic heterocycles. The zero-order chi connectivity index (χ0) is 21.5. The summed E-state index contributed by atoms with van der Waals surface area (Å²) in [6.45, 7) is 1.69. The molecule has 0 radical (unpaired) electrons. The molecule has 0 heterocycles. The molecule has 1 nitrogen and oxygen atoms in total. The summed E-state index contributed by atoms with van der Waals surface area (Å²) in [6.07, 6.45) is -3.86. The van der Waals surface area contributed by atoms with Crippen LogP contribution in [0.5, 0.6) is 5.75 Å². The van der Waals surface area contributed by atoms with E-state index in [2.05, 4.69) is 4.74 Å². The lowest BCUT2D eigenvalue weighted by Crippen LogP contribution is -2.24. The number of benzene rings is 3. The zero-order valence-electron chi connectivity index (χ0n) is 14.7. The van der Waals surface area contributed by atoms with Crippen LogP contribution in [0.1, 0.15) is 24.5 Å². The second-order valence-corrected chi connectivity index (χ2v) is 6.26. The Balaban J connectivity index is 2.04. The van der Waals surface area contributed by atoms with Crippen molar-refractivity contribution in [1.82, 2.24) is 0 Å². The van der Waals surface area contributed by atoms with Crippen LogP contribution in [0.3, 0.4) is 0 Å². The molecule has 29 heavy (non-hydrogen) atoms. The first-order chi connectivity index (χ1) is 13.6. The van der Waals surface area contributed by atoms with Crippen molar-refractivity contribution >= 4 is 10.8 Å². The average Bonchev–Trinajstić information content (AvgIpc) is 2.62. The van der Waals surface area contributed by atoms with Gasteiger partial charge in [0.05, 0.1) is 5.39 Å². The lowest BCUT2D eigenvalue weighted by atomic mass is 10.1. The molecule has 0 saturated heterocycles. The number of aryl methyl sites for hydroxylation is 1. The van der Waals surface area contributed by atoms with Gasteiger partial charge in [-0.15, -0.1) is 0 Å². The number of rotatable bonds is 5. The molecule has 0 saturated carbocycles. The Morgan fingerprint density at radius 2 is 1.48 bits per heavy atom. The topological polar surface area (TPSA) is 9.23 Å². The highest BCUT2D eigenvalue weighted by Gasteiger charge is 2.39. The van der Waals surface area contributed by atoms with Crippen molar-refractivity contribution in [3.8, 4) is 5.75 Å². The van der Waals surface area contributed by atoms with E-state index in [1.54, 1.807) is 6.92 Å². The van der Waals surface area contributed by atoms with E-state index in [9.17, 15) is 35.1 Å². The fourth-order valence-electron chi connectivity index (χ4n) is 2.90. The van der Waals surface area contributed by atoms with Crippen molar-refractivity contribution in [1.29, 1.82) is 0 Å². The molecule has 154 valence electrons. The van der Waals surface area contributed by atoms with Crippen LogP contribution in [0, 0.1) is 34.9 Å². The summed E-state index contributed by atoms with van der Waals surface area (Å²) in [5.41, 5.74) is -1.54. The normalized spacial score (nSPS) is 11.9. The highest BCUT2D eigenvalue weighted by Crippen LogP contribution is 2.37. The molecule has 0 unspecified atom stereocenters. The van der Waals surface area contributed by atoms with Crippen molar-refractivity contribution in [2.75, 3.05) is 0 Å². The molecule has 0 aromatic heterocycles. The lowest BCUT2D eigenvalue weighted by Gasteiger charge is -2.20. The van der Waals surface area contributed by atoms with Gasteiger partial charge in [-0.25, -0.2) is 26.3 Å². The minimum atomic E-state index is -4.44. The molecular formula is C20H12F8O. The first-order valence-corrected chi connectivity index (χ1v) is 8.37.